The van der Waals surface area contributed by atoms with E-state index in [9.17, 15) is 9.59 Å². The molecule has 0 N–H and O–H groups in total. The molecule has 0 bridgehead atoms. The Morgan fingerprint density at radius 1 is 0.714 bits per heavy atom. The maximum atomic E-state index is 12.1. The molecule has 21 heavy (non-hydrogen) atoms. The predicted octanol–water partition coefficient (Wildman–Crippen LogP) is 2.60. The van der Waals surface area contributed by atoms with Gasteiger partial charge in [0.2, 0.25) is 0 Å². The van der Waals surface area contributed by atoms with E-state index in [1.807, 2.05) is 11.3 Å². The first-order valence-electron chi connectivity index (χ1n) is 6.38. The van der Waals surface area contributed by atoms with Crippen LogP contribution in [0.1, 0.15) is 31.8 Å². The number of hydrogen-bond donors (Lipinski definition) is 0. The third-order valence-electron chi connectivity index (χ3n) is 3.18. The van der Waals surface area contributed by atoms with Crippen LogP contribution in [0.15, 0.2) is 64.7 Å². The second-order valence-corrected chi connectivity index (χ2v) is 6.01. The van der Waals surface area contributed by atoms with E-state index in [4.69, 9.17) is 0 Å². The number of ketones is 2. The van der Waals surface area contributed by atoms with Crippen molar-refractivity contribution in [3.05, 3.63) is 87.0 Å². The van der Waals surface area contributed by atoms with E-state index in [0.29, 0.717) is 36.8 Å². The van der Waals surface area contributed by atoms with Gasteiger partial charge in [-0.25, -0.2) is 0 Å². The van der Waals surface area contributed by atoms with Crippen LogP contribution in [-0.2, 0) is 0 Å². The van der Waals surface area contributed by atoms with Gasteiger partial charge in [-0.05, 0) is 0 Å². The van der Waals surface area contributed by atoms with E-state index in [-0.39, 0.29) is 11.6 Å². The molecule has 4 heteroatoms. The van der Waals surface area contributed by atoms with Crippen molar-refractivity contribution in [2.75, 3.05) is 0 Å². The molecule has 1 aliphatic rings. The summed E-state index contributed by atoms with van der Waals surface area (Å²) in [5.41, 5.74) is 2.02. The minimum absolute atomic E-state index is 0.0641. The van der Waals surface area contributed by atoms with Crippen molar-refractivity contribution >= 4 is 26.1 Å². The zero-order valence-corrected chi connectivity index (χ0v) is 12.7. The summed E-state index contributed by atoms with van der Waals surface area (Å²) in [6.45, 7) is 0. The zero-order valence-electron chi connectivity index (χ0n) is 11.0. The Morgan fingerprint density at radius 3 is 1.38 bits per heavy atom. The fraction of sp³-hybridized carbons (Fsp3) is 0. The Balaban J connectivity index is 0.000000225. The molecular weight excluding hydrogens is 329 g/mol. The van der Waals surface area contributed by atoms with Gasteiger partial charge in [0.05, 0.1) is 0 Å². The van der Waals surface area contributed by atoms with Crippen molar-refractivity contribution in [1.82, 2.24) is 4.98 Å². The Bertz CT molecular complexity index is 671. The molecule has 1 heterocycles. The molecule has 4 rings (SSSR count). The summed E-state index contributed by atoms with van der Waals surface area (Å²) in [5, 5.41) is 1.94. The van der Waals surface area contributed by atoms with Crippen molar-refractivity contribution in [3.63, 3.8) is 0 Å². The van der Waals surface area contributed by atoms with Gasteiger partial charge in [0.25, 0.3) is 0 Å². The number of fused-ring (bicyclic) bond motifs is 2. The molecule has 102 valence electrons. The van der Waals surface area contributed by atoms with E-state index in [2.05, 4.69) is 9.92 Å². The van der Waals surface area contributed by atoms with Crippen LogP contribution < -0.4 is 0 Å². The molecule has 0 spiro atoms. The zero-order chi connectivity index (χ0) is 14.7. The van der Waals surface area contributed by atoms with Crippen LogP contribution in [0.2, 0.25) is 0 Å². The quantitative estimate of drug-likeness (QED) is 0.462. The molecule has 0 amide bonds. The Labute approximate surface area is 128 Å². The molecule has 0 saturated heterocycles. The second kappa shape index (κ2) is 6.00. The average Bonchev–Trinajstić information content (AvgIpc) is 3.12. The minimum atomic E-state index is -0.0641. The first-order chi connectivity index (χ1) is 10.3. The van der Waals surface area contributed by atoms with Gasteiger partial charge < -0.3 is 0 Å². The van der Waals surface area contributed by atoms with Crippen LogP contribution in [0.25, 0.3) is 0 Å². The predicted molar refractivity (Wildman–Crippen MR) is 80.9 cm³/mol. The van der Waals surface area contributed by atoms with E-state index in [1.165, 1.54) is 0 Å². The molecule has 3 aromatic rings. The van der Waals surface area contributed by atoms with E-state index >= 15 is 0 Å². The summed E-state index contributed by atoms with van der Waals surface area (Å²) < 4.78 is 0. The molecule has 0 fully saturated rings. The van der Waals surface area contributed by atoms with Crippen molar-refractivity contribution in [1.29, 1.82) is 0 Å². The first kappa shape index (κ1) is 13.7. The van der Waals surface area contributed by atoms with Gasteiger partial charge in [-0.2, -0.15) is 0 Å². The van der Waals surface area contributed by atoms with Crippen LogP contribution in [0, 0.1) is 0 Å². The van der Waals surface area contributed by atoms with E-state index in [1.54, 1.807) is 48.5 Å². The summed E-state index contributed by atoms with van der Waals surface area (Å²) in [6.07, 6.45) is 1.83. The Hall–Kier alpha value is -2.29. The number of carbonyl (C=O) groups excluding carboxylic acids is 2. The standard InChI is InChI=1S/C14H8O2.C3H3NSe/c15-13-9-5-1-2-6-10(9)14(16)12-8-4-3-7-11(12)13;1-2-5-3-4-1/h1-8H;1-3H. The second-order valence-electron chi connectivity index (χ2n) is 4.43. The van der Waals surface area contributed by atoms with Crippen molar-refractivity contribution in [2.45, 2.75) is 0 Å². The number of hydrogen-bond acceptors (Lipinski definition) is 3. The summed E-state index contributed by atoms with van der Waals surface area (Å²) in [4.78, 5) is 30.1. The van der Waals surface area contributed by atoms with Crippen molar-refractivity contribution < 1.29 is 9.59 Å². The average molecular weight is 340 g/mol. The van der Waals surface area contributed by atoms with Crippen LogP contribution in [0.3, 0.4) is 0 Å². The molecule has 0 saturated carbocycles. The molecule has 0 atom stereocenters. The first-order valence-corrected chi connectivity index (χ1v) is 8.36. The van der Waals surface area contributed by atoms with Gasteiger partial charge in [-0.1, -0.05) is 48.5 Å². The molecular formula is C17H11NO2Se. The SMILES string of the molecule is O=C1c2ccccc2C(=O)c2ccccc21.c1c[se]cn1. The summed E-state index contributed by atoms with van der Waals surface area (Å²) >= 11 is 0.597. The third-order valence-corrected chi connectivity index (χ3v) is 4.28. The Morgan fingerprint density at radius 2 is 1.14 bits per heavy atom. The number of carbonyl (C=O) groups is 2. The monoisotopic (exact) mass is 341 g/mol. The number of benzene rings is 2. The normalized spacial score (nSPS) is 12.0. The number of nitrogens with zero attached hydrogens (tertiary/aromatic N) is 1. The van der Waals surface area contributed by atoms with Crippen molar-refractivity contribution in [2.24, 2.45) is 0 Å². The van der Waals surface area contributed by atoms with Gasteiger partial charge >= 0.3 is 35.7 Å². The molecule has 3 nitrogen and oxygen atoms in total. The van der Waals surface area contributed by atoms with E-state index < -0.39 is 0 Å². The molecule has 1 aliphatic carbocycles. The maximum absolute atomic E-state index is 12.1. The van der Waals surface area contributed by atoms with Crippen molar-refractivity contribution in [3.8, 4) is 0 Å². The van der Waals surface area contributed by atoms with Gasteiger partial charge in [-0.15, -0.1) is 0 Å². The van der Waals surface area contributed by atoms with Gasteiger partial charge in [0.15, 0.2) is 11.6 Å². The molecule has 2 aromatic carbocycles. The molecule has 0 unspecified atom stereocenters. The van der Waals surface area contributed by atoms with Gasteiger partial charge in [0.1, 0.15) is 0 Å². The Kier molecular flexibility index (Phi) is 3.91. The number of rotatable bonds is 0. The van der Waals surface area contributed by atoms with E-state index in [0.717, 1.165) is 0 Å². The van der Waals surface area contributed by atoms with Gasteiger partial charge in [-0.3, -0.25) is 9.59 Å². The molecule has 1 aromatic heterocycles. The number of aromatic nitrogens is 1. The van der Waals surface area contributed by atoms with Crippen LogP contribution in [-0.4, -0.2) is 31.1 Å². The summed E-state index contributed by atoms with van der Waals surface area (Å²) in [7, 11) is 0. The van der Waals surface area contributed by atoms with Crippen LogP contribution in [0.5, 0.6) is 0 Å². The van der Waals surface area contributed by atoms with Crippen LogP contribution in [0.4, 0.5) is 0 Å². The summed E-state index contributed by atoms with van der Waals surface area (Å²) in [5.74, 6) is -0.128. The van der Waals surface area contributed by atoms with Crippen LogP contribution >= 0.6 is 0 Å². The fourth-order valence-corrected chi connectivity index (χ4v) is 2.96. The molecule has 0 radical (unpaired) electrons. The topological polar surface area (TPSA) is 47.0 Å². The fourth-order valence-electron chi connectivity index (χ4n) is 2.22. The summed E-state index contributed by atoms with van der Waals surface area (Å²) in [6, 6.07) is 13.9. The molecule has 0 aliphatic heterocycles. The third kappa shape index (κ3) is 2.64. The van der Waals surface area contributed by atoms with Gasteiger partial charge in [0, 0.05) is 22.3 Å².